The Morgan fingerprint density at radius 1 is 1.33 bits per heavy atom. The summed E-state index contributed by atoms with van der Waals surface area (Å²) in [4.78, 5) is 16.7. The highest BCUT2D eigenvalue weighted by Gasteiger charge is 2.29. The minimum Gasteiger partial charge on any atom is -0.351 e. The predicted octanol–water partition coefficient (Wildman–Crippen LogP) is 0.865. The lowest BCUT2D eigenvalue weighted by Gasteiger charge is -2.12. The van der Waals surface area contributed by atoms with Crippen molar-refractivity contribution in [3.05, 3.63) is 35.7 Å². The van der Waals surface area contributed by atoms with E-state index in [4.69, 9.17) is 0 Å². The smallest absolute Gasteiger partial charge is 0.242 e. The minimum absolute atomic E-state index is 0.0137. The van der Waals surface area contributed by atoms with Crippen LogP contribution in [0.15, 0.2) is 24.3 Å². The molecule has 1 aliphatic heterocycles. The third-order valence-electron chi connectivity index (χ3n) is 4.05. The molecule has 1 fully saturated rings. The molecule has 1 atom stereocenters. The molecule has 0 aliphatic carbocycles. The van der Waals surface area contributed by atoms with Crippen LogP contribution in [0.1, 0.15) is 17.8 Å². The Morgan fingerprint density at radius 2 is 2.08 bits per heavy atom. The standard InChI is InChI=1S/C16H20N4O3S/c1-11-5-3-4-6-14(11)16-17-12(2)19-20(16)9-15(21)18-13-7-8-24(22,23)10-13/h3-6,13H,7-10H2,1-2H3,(H,18,21)/t13-/m0/s1. The molecule has 2 heterocycles. The van der Waals surface area contributed by atoms with E-state index in [9.17, 15) is 13.2 Å². The van der Waals surface area contributed by atoms with Crippen LogP contribution in [0, 0.1) is 13.8 Å². The quantitative estimate of drug-likeness (QED) is 0.885. The van der Waals surface area contributed by atoms with Crippen molar-refractivity contribution in [2.45, 2.75) is 32.9 Å². The summed E-state index contributed by atoms with van der Waals surface area (Å²) in [5.41, 5.74) is 1.97. The molecule has 24 heavy (non-hydrogen) atoms. The maximum absolute atomic E-state index is 12.3. The molecule has 2 aromatic rings. The van der Waals surface area contributed by atoms with Gasteiger partial charge >= 0.3 is 0 Å². The molecular weight excluding hydrogens is 328 g/mol. The highest BCUT2D eigenvalue weighted by atomic mass is 32.2. The topological polar surface area (TPSA) is 94.0 Å². The van der Waals surface area contributed by atoms with E-state index < -0.39 is 9.84 Å². The summed E-state index contributed by atoms with van der Waals surface area (Å²) in [6, 6.07) is 7.47. The molecular formula is C16H20N4O3S. The van der Waals surface area contributed by atoms with Gasteiger partial charge in [-0.05, 0) is 25.8 Å². The Bertz CT molecular complexity index is 873. The zero-order valence-corrected chi connectivity index (χ0v) is 14.5. The van der Waals surface area contributed by atoms with Gasteiger partial charge < -0.3 is 5.32 Å². The monoisotopic (exact) mass is 348 g/mol. The Hall–Kier alpha value is -2.22. The number of nitrogens with zero attached hydrogens (tertiary/aromatic N) is 3. The van der Waals surface area contributed by atoms with E-state index in [1.807, 2.05) is 31.2 Å². The summed E-state index contributed by atoms with van der Waals surface area (Å²) >= 11 is 0. The fraction of sp³-hybridized carbons (Fsp3) is 0.438. The van der Waals surface area contributed by atoms with Crippen LogP contribution in [0.2, 0.25) is 0 Å². The zero-order chi connectivity index (χ0) is 17.3. The van der Waals surface area contributed by atoms with E-state index in [0.29, 0.717) is 18.1 Å². The number of aromatic nitrogens is 3. The molecule has 1 N–H and O–H groups in total. The van der Waals surface area contributed by atoms with E-state index in [1.54, 1.807) is 11.6 Å². The van der Waals surface area contributed by atoms with E-state index in [1.165, 1.54) is 0 Å². The second-order valence-electron chi connectivity index (χ2n) is 6.12. The number of rotatable bonds is 4. The summed E-state index contributed by atoms with van der Waals surface area (Å²) in [6.07, 6.45) is 0.467. The molecule has 1 aliphatic rings. The maximum atomic E-state index is 12.3. The first-order chi connectivity index (χ1) is 11.3. The first kappa shape index (κ1) is 16.6. The van der Waals surface area contributed by atoms with E-state index in [2.05, 4.69) is 15.4 Å². The van der Waals surface area contributed by atoms with Crippen molar-refractivity contribution in [3.63, 3.8) is 0 Å². The van der Waals surface area contributed by atoms with Gasteiger partial charge in [0.25, 0.3) is 0 Å². The number of aryl methyl sites for hydroxylation is 2. The van der Waals surface area contributed by atoms with Gasteiger partial charge in [0, 0.05) is 11.6 Å². The number of benzene rings is 1. The summed E-state index contributed by atoms with van der Waals surface area (Å²) in [5, 5.41) is 7.08. The molecule has 7 nitrogen and oxygen atoms in total. The fourth-order valence-electron chi connectivity index (χ4n) is 2.91. The number of nitrogens with one attached hydrogen (secondary N) is 1. The third-order valence-corrected chi connectivity index (χ3v) is 5.82. The predicted molar refractivity (Wildman–Crippen MR) is 90.1 cm³/mol. The molecule has 1 saturated heterocycles. The van der Waals surface area contributed by atoms with Crippen LogP contribution in [0.3, 0.4) is 0 Å². The average molecular weight is 348 g/mol. The third kappa shape index (κ3) is 3.64. The summed E-state index contributed by atoms with van der Waals surface area (Å²) in [7, 11) is -3.02. The van der Waals surface area contributed by atoms with Crippen LogP contribution in [0.5, 0.6) is 0 Å². The van der Waals surface area contributed by atoms with Crippen molar-refractivity contribution in [2.24, 2.45) is 0 Å². The van der Waals surface area contributed by atoms with Crippen molar-refractivity contribution in [2.75, 3.05) is 11.5 Å². The van der Waals surface area contributed by atoms with E-state index in [0.717, 1.165) is 11.1 Å². The van der Waals surface area contributed by atoms with E-state index >= 15 is 0 Å². The first-order valence-electron chi connectivity index (χ1n) is 7.81. The van der Waals surface area contributed by atoms with Gasteiger partial charge in [-0.25, -0.2) is 18.1 Å². The molecule has 8 heteroatoms. The number of carbonyl (C=O) groups excluding carboxylic acids is 1. The van der Waals surface area contributed by atoms with Crippen LogP contribution in [0.25, 0.3) is 11.4 Å². The Morgan fingerprint density at radius 3 is 2.75 bits per heavy atom. The largest absolute Gasteiger partial charge is 0.351 e. The van der Waals surface area contributed by atoms with Crippen molar-refractivity contribution >= 4 is 15.7 Å². The van der Waals surface area contributed by atoms with E-state index in [-0.39, 0.29) is 30.0 Å². The Balaban J connectivity index is 1.76. The lowest BCUT2D eigenvalue weighted by atomic mass is 10.1. The Labute approximate surface area is 141 Å². The summed E-state index contributed by atoms with van der Waals surface area (Å²) in [6.45, 7) is 3.77. The molecule has 128 valence electrons. The maximum Gasteiger partial charge on any atom is 0.242 e. The van der Waals surface area contributed by atoms with Crippen LogP contribution in [-0.4, -0.2) is 46.6 Å². The number of sulfone groups is 1. The van der Waals surface area contributed by atoms with Gasteiger partial charge in [-0.15, -0.1) is 0 Å². The van der Waals surface area contributed by atoms with Gasteiger partial charge in [-0.1, -0.05) is 24.3 Å². The molecule has 0 bridgehead atoms. The highest BCUT2D eigenvalue weighted by molar-refractivity contribution is 7.91. The molecule has 0 radical (unpaired) electrons. The summed E-state index contributed by atoms with van der Waals surface area (Å²) < 4.78 is 24.5. The van der Waals surface area contributed by atoms with Crippen molar-refractivity contribution in [3.8, 4) is 11.4 Å². The van der Waals surface area contributed by atoms with Gasteiger partial charge in [0.2, 0.25) is 5.91 Å². The van der Waals surface area contributed by atoms with Gasteiger partial charge in [0.15, 0.2) is 15.7 Å². The van der Waals surface area contributed by atoms with Gasteiger partial charge in [0.05, 0.1) is 11.5 Å². The summed E-state index contributed by atoms with van der Waals surface area (Å²) in [5.74, 6) is 1.12. The normalized spacial score (nSPS) is 19.3. The molecule has 1 aromatic carbocycles. The van der Waals surface area contributed by atoms with Crippen LogP contribution in [-0.2, 0) is 21.2 Å². The molecule has 0 saturated carbocycles. The van der Waals surface area contributed by atoms with Crippen molar-refractivity contribution < 1.29 is 13.2 Å². The zero-order valence-electron chi connectivity index (χ0n) is 13.7. The number of hydrogen-bond donors (Lipinski definition) is 1. The molecule has 1 amide bonds. The molecule has 1 aromatic heterocycles. The van der Waals surface area contributed by atoms with Gasteiger partial charge in [-0.3, -0.25) is 4.79 Å². The molecule has 0 spiro atoms. The lowest BCUT2D eigenvalue weighted by Crippen LogP contribution is -2.38. The van der Waals surface area contributed by atoms with Crippen LogP contribution >= 0.6 is 0 Å². The van der Waals surface area contributed by atoms with Crippen LogP contribution < -0.4 is 5.32 Å². The lowest BCUT2D eigenvalue weighted by molar-refractivity contribution is -0.122. The second-order valence-corrected chi connectivity index (χ2v) is 8.35. The first-order valence-corrected chi connectivity index (χ1v) is 9.63. The minimum atomic E-state index is -3.02. The van der Waals surface area contributed by atoms with Crippen molar-refractivity contribution in [1.82, 2.24) is 20.1 Å². The van der Waals surface area contributed by atoms with Crippen LogP contribution in [0.4, 0.5) is 0 Å². The molecule has 0 unspecified atom stereocenters. The van der Waals surface area contributed by atoms with Gasteiger partial charge in [0.1, 0.15) is 12.4 Å². The van der Waals surface area contributed by atoms with Gasteiger partial charge in [-0.2, -0.15) is 5.10 Å². The highest BCUT2D eigenvalue weighted by Crippen LogP contribution is 2.21. The average Bonchev–Trinajstić information content (AvgIpc) is 3.01. The SMILES string of the molecule is Cc1nc(-c2ccccc2C)n(CC(=O)N[C@H]2CCS(=O)(=O)C2)n1. The molecule has 3 rings (SSSR count). The van der Waals surface area contributed by atoms with Crippen molar-refractivity contribution in [1.29, 1.82) is 0 Å². The Kier molecular flexibility index (Phi) is 4.40. The number of hydrogen-bond acceptors (Lipinski definition) is 5. The second kappa shape index (κ2) is 6.35. The number of carbonyl (C=O) groups is 1. The number of amides is 1. The fourth-order valence-corrected chi connectivity index (χ4v) is 4.58.